The van der Waals surface area contributed by atoms with Crippen molar-refractivity contribution in [2.45, 2.75) is 19.8 Å². The zero-order valence-corrected chi connectivity index (χ0v) is 10.3. The van der Waals surface area contributed by atoms with Crippen molar-refractivity contribution in [1.82, 2.24) is 0 Å². The highest BCUT2D eigenvalue weighted by Crippen LogP contribution is 2.17. The number of aliphatic hydroxyl groups excluding tert-OH is 1. The summed E-state index contributed by atoms with van der Waals surface area (Å²) in [7, 11) is 0. The topological polar surface area (TPSA) is 20.2 Å². The van der Waals surface area contributed by atoms with E-state index in [0.29, 0.717) is 6.61 Å². The molecule has 0 aliphatic rings. The second-order valence-electron chi connectivity index (χ2n) is 3.81. The molecule has 1 heteroatoms. The highest BCUT2D eigenvalue weighted by molar-refractivity contribution is 5.62. The van der Waals surface area contributed by atoms with E-state index in [0.717, 1.165) is 12.8 Å². The molecule has 0 aliphatic heterocycles. The van der Waals surface area contributed by atoms with Crippen LogP contribution in [0, 0.1) is 0 Å². The van der Waals surface area contributed by atoms with Crippen LogP contribution in [0.1, 0.15) is 19.8 Å². The van der Waals surface area contributed by atoms with Crippen LogP contribution in [0.25, 0.3) is 11.1 Å². The second-order valence-corrected chi connectivity index (χ2v) is 3.81. The highest BCUT2D eigenvalue weighted by Gasteiger charge is 1.91. The van der Waals surface area contributed by atoms with Crippen LogP contribution in [-0.2, 0) is 0 Å². The Morgan fingerprint density at radius 3 is 1.41 bits per heavy atom. The Balaban J connectivity index is 0.000000249. The van der Waals surface area contributed by atoms with Gasteiger partial charge in [0.15, 0.2) is 0 Å². The minimum Gasteiger partial charge on any atom is -0.396 e. The van der Waals surface area contributed by atoms with E-state index in [2.05, 4.69) is 55.5 Å². The fourth-order valence-electron chi connectivity index (χ4n) is 1.42. The van der Waals surface area contributed by atoms with Gasteiger partial charge in [-0.25, -0.2) is 0 Å². The van der Waals surface area contributed by atoms with Gasteiger partial charge < -0.3 is 5.11 Å². The van der Waals surface area contributed by atoms with Gasteiger partial charge >= 0.3 is 0 Å². The molecule has 90 valence electrons. The van der Waals surface area contributed by atoms with Gasteiger partial charge in [-0.1, -0.05) is 74.0 Å². The zero-order valence-electron chi connectivity index (χ0n) is 10.3. The van der Waals surface area contributed by atoms with Gasteiger partial charge in [-0.15, -0.1) is 0 Å². The van der Waals surface area contributed by atoms with Crippen molar-refractivity contribution in [3.05, 3.63) is 60.7 Å². The maximum Gasteiger partial charge on any atom is 0.0430 e. The van der Waals surface area contributed by atoms with Crippen molar-refractivity contribution in [3.8, 4) is 11.1 Å². The molecule has 2 aromatic carbocycles. The van der Waals surface area contributed by atoms with E-state index in [-0.39, 0.29) is 0 Å². The van der Waals surface area contributed by atoms with Crippen molar-refractivity contribution >= 4 is 0 Å². The summed E-state index contributed by atoms with van der Waals surface area (Å²) in [5, 5.41) is 8.07. The smallest absolute Gasteiger partial charge is 0.0430 e. The number of aliphatic hydroxyl groups is 1. The summed E-state index contributed by atoms with van der Waals surface area (Å²) in [6.07, 6.45) is 2.04. The van der Waals surface area contributed by atoms with E-state index in [9.17, 15) is 0 Å². The van der Waals surface area contributed by atoms with E-state index in [4.69, 9.17) is 5.11 Å². The third-order valence-corrected chi connectivity index (χ3v) is 2.39. The lowest BCUT2D eigenvalue weighted by Crippen LogP contribution is -1.75. The van der Waals surface area contributed by atoms with Crippen LogP contribution in [0.15, 0.2) is 60.7 Å². The number of rotatable bonds is 3. The number of unbranched alkanes of at least 4 members (excludes halogenated alkanes) is 1. The molecule has 0 amide bonds. The van der Waals surface area contributed by atoms with Crippen molar-refractivity contribution < 1.29 is 5.11 Å². The lowest BCUT2D eigenvalue weighted by atomic mass is 10.1. The molecule has 0 fully saturated rings. The monoisotopic (exact) mass is 228 g/mol. The van der Waals surface area contributed by atoms with Crippen LogP contribution in [0.5, 0.6) is 0 Å². The van der Waals surface area contributed by atoms with Gasteiger partial charge in [0.05, 0.1) is 0 Å². The molecule has 0 unspecified atom stereocenters. The molecule has 1 nitrogen and oxygen atoms in total. The molecule has 0 aliphatic carbocycles. The first-order valence-corrected chi connectivity index (χ1v) is 6.09. The molecule has 0 spiro atoms. The number of benzene rings is 2. The van der Waals surface area contributed by atoms with Crippen LogP contribution in [0.4, 0.5) is 0 Å². The predicted molar refractivity (Wildman–Crippen MR) is 73.9 cm³/mol. The first kappa shape index (κ1) is 13.5. The van der Waals surface area contributed by atoms with Gasteiger partial charge in [-0.3, -0.25) is 0 Å². The molecule has 2 aromatic rings. The van der Waals surface area contributed by atoms with E-state index in [1.165, 1.54) is 11.1 Å². The Morgan fingerprint density at radius 2 is 1.18 bits per heavy atom. The van der Waals surface area contributed by atoms with E-state index in [1.54, 1.807) is 0 Å². The standard InChI is InChI=1S/C12H10.C4H10O/c1-3-7-11(8-4-1)12-9-5-2-6-10-12;1-2-3-4-5/h1-10H;5H,2-4H2,1H3. The van der Waals surface area contributed by atoms with Crippen LogP contribution in [0.2, 0.25) is 0 Å². The van der Waals surface area contributed by atoms with E-state index >= 15 is 0 Å². The summed E-state index contributed by atoms with van der Waals surface area (Å²) in [5.74, 6) is 0. The predicted octanol–water partition coefficient (Wildman–Crippen LogP) is 4.13. The van der Waals surface area contributed by atoms with Gasteiger partial charge in [0.1, 0.15) is 0 Å². The van der Waals surface area contributed by atoms with Crippen LogP contribution in [-0.4, -0.2) is 11.7 Å². The van der Waals surface area contributed by atoms with Crippen LogP contribution >= 0.6 is 0 Å². The van der Waals surface area contributed by atoms with Crippen molar-refractivity contribution in [1.29, 1.82) is 0 Å². The molecule has 0 aromatic heterocycles. The van der Waals surface area contributed by atoms with Crippen LogP contribution < -0.4 is 0 Å². The Bertz CT molecular complexity index is 341. The van der Waals surface area contributed by atoms with Crippen molar-refractivity contribution in [2.75, 3.05) is 6.61 Å². The molecular weight excluding hydrogens is 208 g/mol. The molecule has 0 radical (unpaired) electrons. The third-order valence-electron chi connectivity index (χ3n) is 2.39. The summed E-state index contributed by atoms with van der Waals surface area (Å²) >= 11 is 0. The summed E-state index contributed by atoms with van der Waals surface area (Å²) in [4.78, 5) is 0. The minimum absolute atomic E-state index is 0.344. The molecule has 0 heterocycles. The number of hydrogen-bond acceptors (Lipinski definition) is 1. The maximum absolute atomic E-state index is 8.07. The first-order chi connectivity index (χ1) is 8.38. The second kappa shape index (κ2) is 8.54. The molecule has 0 atom stereocenters. The summed E-state index contributed by atoms with van der Waals surface area (Å²) < 4.78 is 0. The van der Waals surface area contributed by atoms with Gasteiger partial charge in [0.25, 0.3) is 0 Å². The van der Waals surface area contributed by atoms with Gasteiger partial charge in [-0.05, 0) is 17.5 Å². The lowest BCUT2D eigenvalue weighted by Gasteiger charge is -1.98. The third kappa shape index (κ3) is 5.32. The molecule has 2 rings (SSSR count). The molecule has 0 saturated heterocycles. The Labute approximate surface area is 104 Å². The minimum atomic E-state index is 0.344. The first-order valence-electron chi connectivity index (χ1n) is 6.09. The van der Waals surface area contributed by atoms with Crippen molar-refractivity contribution in [2.24, 2.45) is 0 Å². The van der Waals surface area contributed by atoms with Crippen molar-refractivity contribution in [3.63, 3.8) is 0 Å². The average molecular weight is 228 g/mol. The summed E-state index contributed by atoms with van der Waals surface area (Å²) in [6, 6.07) is 20.8. The quantitative estimate of drug-likeness (QED) is 0.837. The number of hydrogen-bond donors (Lipinski definition) is 1. The molecule has 0 bridgehead atoms. The molecule has 17 heavy (non-hydrogen) atoms. The Morgan fingerprint density at radius 1 is 0.765 bits per heavy atom. The Kier molecular flexibility index (Phi) is 6.76. The maximum atomic E-state index is 8.07. The zero-order chi connectivity index (χ0) is 12.3. The normalized spacial score (nSPS) is 9.29. The Hall–Kier alpha value is -1.60. The fraction of sp³-hybridized carbons (Fsp3) is 0.250. The summed E-state index contributed by atoms with van der Waals surface area (Å²) in [5.41, 5.74) is 2.55. The lowest BCUT2D eigenvalue weighted by molar-refractivity contribution is 0.287. The molecule has 1 N–H and O–H groups in total. The van der Waals surface area contributed by atoms with Gasteiger partial charge in [-0.2, -0.15) is 0 Å². The van der Waals surface area contributed by atoms with Gasteiger partial charge in [0.2, 0.25) is 0 Å². The highest BCUT2D eigenvalue weighted by atomic mass is 16.2. The summed E-state index contributed by atoms with van der Waals surface area (Å²) in [6.45, 7) is 2.40. The SMILES string of the molecule is CCCCO.c1ccc(-c2ccccc2)cc1. The van der Waals surface area contributed by atoms with Gasteiger partial charge in [0, 0.05) is 6.61 Å². The van der Waals surface area contributed by atoms with Crippen LogP contribution in [0.3, 0.4) is 0 Å². The molecular formula is C16H20O. The molecule has 0 saturated carbocycles. The largest absolute Gasteiger partial charge is 0.396 e. The average Bonchev–Trinajstić information content (AvgIpc) is 2.42. The van der Waals surface area contributed by atoms with E-state index in [1.807, 2.05) is 12.1 Å². The fourth-order valence-corrected chi connectivity index (χ4v) is 1.42. The van der Waals surface area contributed by atoms with E-state index < -0.39 is 0 Å².